The summed E-state index contributed by atoms with van der Waals surface area (Å²) in [4.78, 5) is 12.4. The minimum absolute atomic E-state index is 0.361. The SMILES string of the molecule is CSCC(C)N(C)CC(N)C(=O)O. The van der Waals surface area contributed by atoms with Crippen molar-refractivity contribution in [1.29, 1.82) is 0 Å². The summed E-state index contributed by atoms with van der Waals surface area (Å²) in [6.07, 6.45) is 2.03. The van der Waals surface area contributed by atoms with Gasteiger partial charge in [0.25, 0.3) is 0 Å². The first-order valence-corrected chi connectivity index (χ1v) is 5.56. The molecular formula is C8H18N2O2S. The summed E-state index contributed by atoms with van der Waals surface area (Å²) < 4.78 is 0. The van der Waals surface area contributed by atoms with Crippen molar-refractivity contribution < 1.29 is 9.90 Å². The van der Waals surface area contributed by atoms with Gasteiger partial charge in [-0.1, -0.05) is 0 Å². The lowest BCUT2D eigenvalue weighted by Crippen LogP contribution is -2.44. The predicted octanol–water partition coefficient (Wildman–Crippen LogP) is 0.0816. The van der Waals surface area contributed by atoms with E-state index in [0.29, 0.717) is 12.6 Å². The van der Waals surface area contributed by atoms with Gasteiger partial charge in [-0.15, -0.1) is 0 Å². The molecule has 0 heterocycles. The summed E-state index contributed by atoms with van der Waals surface area (Å²) in [6, 6.07) is -0.422. The molecule has 0 aromatic rings. The maximum Gasteiger partial charge on any atom is 0.321 e. The van der Waals surface area contributed by atoms with Crippen molar-refractivity contribution >= 4 is 17.7 Å². The van der Waals surface area contributed by atoms with Crippen LogP contribution >= 0.6 is 11.8 Å². The molecule has 0 aliphatic carbocycles. The van der Waals surface area contributed by atoms with Crippen LogP contribution in [0.5, 0.6) is 0 Å². The summed E-state index contributed by atoms with van der Waals surface area (Å²) in [5.74, 6) is 0.0474. The number of thioether (sulfide) groups is 1. The Balaban J connectivity index is 3.84. The molecule has 0 amide bonds. The van der Waals surface area contributed by atoms with Gasteiger partial charge in [-0.05, 0) is 20.2 Å². The molecule has 4 nitrogen and oxygen atoms in total. The van der Waals surface area contributed by atoms with Crippen LogP contribution < -0.4 is 5.73 Å². The molecule has 2 unspecified atom stereocenters. The molecule has 0 radical (unpaired) electrons. The van der Waals surface area contributed by atoms with E-state index >= 15 is 0 Å². The standard InChI is InChI=1S/C8H18N2O2S/c1-6(5-13-3)10(2)4-7(9)8(11)12/h6-7H,4-5,9H2,1-3H3,(H,11,12). The second-order valence-electron chi connectivity index (χ2n) is 3.19. The van der Waals surface area contributed by atoms with Crippen LogP contribution in [0, 0.1) is 0 Å². The lowest BCUT2D eigenvalue weighted by Gasteiger charge is -2.25. The highest BCUT2D eigenvalue weighted by Gasteiger charge is 2.16. The average Bonchev–Trinajstić information content (AvgIpc) is 2.04. The minimum Gasteiger partial charge on any atom is -0.480 e. The van der Waals surface area contributed by atoms with Crippen LogP contribution in [-0.2, 0) is 4.79 Å². The highest BCUT2D eigenvalue weighted by Crippen LogP contribution is 2.03. The van der Waals surface area contributed by atoms with Crippen molar-refractivity contribution in [2.75, 3.05) is 25.6 Å². The highest BCUT2D eigenvalue weighted by molar-refractivity contribution is 7.98. The Morgan fingerprint density at radius 2 is 2.23 bits per heavy atom. The first-order valence-electron chi connectivity index (χ1n) is 4.16. The van der Waals surface area contributed by atoms with Crippen molar-refractivity contribution in [3.63, 3.8) is 0 Å². The molecule has 3 N–H and O–H groups in total. The van der Waals surface area contributed by atoms with Gasteiger partial charge in [0, 0.05) is 18.3 Å². The number of aliphatic carboxylic acids is 1. The lowest BCUT2D eigenvalue weighted by atomic mass is 10.2. The quantitative estimate of drug-likeness (QED) is 0.644. The van der Waals surface area contributed by atoms with E-state index in [1.54, 1.807) is 11.8 Å². The van der Waals surface area contributed by atoms with Crippen molar-refractivity contribution in [1.82, 2.24) is 4.90 Å². The second-order valence-corrected chi connectivity index (χ2v) is 4.10. The normalized spacial score (nSPS) is 15.8. The summed E-state index contributed by atoms with van der Waals surface area (Å²) in [6.45, 7) is 2.46. The Kier molecular flexibility index (Phi) is 6.11. The van der Waals surface area contributed by atoms with Crippen molar-refractivity contribution in [2.45, 2.75) is 19.0 Å². The van der Waals surface area contributed by atoms with E-state index in [9.17, 15) is 4.79 Å². The molecule has 0 bridgehead atoms. The number of hydrogen-bond donors (Lipinski definition) is 2. The molecule has 13 heavy (non-hydrogen) atoms. The van der Waals surface area contributed by atoms with Crippen LogP contribution in [0.2, 0.25) is 0 Å². The monoisotopic (exact) mass is 206 g/mol. The van der Waals surface area contributed by atoms with Gasteiger partial charge in [-0.3, -0.25) is 4.79 Å². The Morgan fingerprint density at radius 1 is 1.69 bits per heavy atom. The van der Waals surface area contributed by atoms with Gasteiger partial charge in [-0.25, -0.2) is 0 Å². The van der Waals surface area contributed by atoms with Gasteiger partial charge in [0.15, 0.2) is 0 Å². The Hall–Kier alpha value is -0.260. The number of carboxylic acid groups (broad SMARTS) is 1. The van der Waals surface area contributed by atoms with Gasteiger partial charge >= 0.3 is 5.97 Å². The molecule has 0 saturated heterocycles. The average molecular weight is 206 g/mol. The zero-order valence-electron chi connectivity index (χ0n) is 8.36. The lowest BCUT2D eigenvalue weighted by molar-refractivity contribution is -0.139. The molecule has 2 atom stereocenters. The molecule has 0 spiro atoms. The molecule has 0 aromatic carbocycles. The van der Waals surface area contributed by atoms with E-state index in [-0.39, 0.29) is 0 Å². The fourth-order valence-corrected chi connectivity index (χ4v) is 1.67. The molecule has 5 heteroatoms. The van der Waals surface area contributed by atoms with Crippen LogP contribution in [-0.4, -0.2) is 53.7 Å². The largest absolute Gasteiger partial charge is 0.480 e. The second kappa shape index (κ2) is 6.23. The number of rotatable bonds is 6. The van der Waals surface area contributed by atoms with Crippen LogP contribution in [0.1, 0.15) is 6.92 Å². The molecule has 0 aromatic heterocycles. The molecule has 0 aliphatic rings. The van der Waals surface area contributed by atoms with Crippen LogP contribution in [0.3, 0.4) is 0 Å². The van der Waals surface area contributed by atoms with E-state index in [1.165, 1.54) is 0 Å². The fourth-order valence-electron chi connectivity index (χ4n) is 0.937. The predicted molar refractivity (Wildman–Crippen MR) is 56.1 cm³/mol. The van der Waals surface area contributed by atoms with Gasteiger partial charge in [0.1, 0.15) is 6.04 Å². The van der Waals surface area contributed by atoms with Gasteiger partial charge in [-0.2, -0.15) is 11.8 Å². The highest BCUT2D eigenvalue weighted by atomic mass is 32.2. The summed E-state index contributed by atoms with van der Waals surface area (Å²) in [5, 5.41) is 8.59. The molecular weight excluding hydrogens is 188 g/mol. The van der Waals surface area contributed by atoms with E-state index in [4.69, 9.17) is 10.8 Å². The maximum absolute atomic E-state index is 10.5. The summed E-state index contributed by atoms with van der Waals surface area (Å²) in [5.41, 5.74) is 5.40. The van der Waals surface area contributed by atoms with Crippen LogP contribution in [0.4, 0.5) is 0 Å². The van der Waals surface area contributed by atoms with E-state index < -0.39 is 12.0 Å². The Bertz CT molecular complexity index is 166. The molecule has 0 saturated carbocycles. The van der Waals surface area contributed by atoms with Gasteiger partial charge in [0.2, 0.25) is 0 Å². The van der Waals surface area contributed by atoms with Crippen LogP contribution in [0.15, 0.2) is 0 Å². The third kappa shape index (κ3) is 5.13. The number of nitrogens with zero attached hydrogens (tertiary/aromatic N) is 1. The number of hydrogen-bond acceptors (Lipinski definition) is 4. The number of nitrogens with two attached hydrogens (primary N) is 1. The van der Waals surface area contributed by atoms with E-state index in [1.807, 2.05) is 18.2 Å². The van der Waals surface area contributed by atoms with Gasteiger partial charge < -0.3 is 15.7 Å². The maximum atomic E-state index is 10.5. The van der Waals surface area contributed by atoms with Crippen molar-refractivity contribution in [2.24, 2.45) is 5.73 Å². The zero-order valence-corrected chi connectivity index (χ0v) is 9.17. The van der Waals surface area contributed by atoms with E-state index in [0.717, 1.165) is 5.75 Å². The molecule has 0 fully saturated rings. The van der Waals surface area contributed by atoms with E-state index in [2.05, 4.69) is 6.92 Å². The Morgan fingerprint density at radius 3 is 2.62 bits per heavy atom. The van der Waals surface area contributed by atoms with Crippen molar-refractivity contribution in [3.8, 4) is 0 Å². The molecule has 0 rings (SSSR count). The Labute approximate surface area is 83.5 Å². The minimum atomic E-state index is -0.941. The first-order chi connectivity index (χ1) is 5.99. The topological polar surface area (TPSA) is 66.6 Å². The summed E-state index contributed by atoms with van der Waals surface area (Å²) in [7, 11) is 1.89. The first kappa shape index (κ1) is 12.7. The summed E-state index contributed by atoms with van der Waals surface area (Å²) >= 11 is 1.74. The zero-order chi connectivity index (χ0) is 10.4. The number of likely N-dealkylation sites (N-methyl/N-ethyl adjacent to an activating group) is 1. The third-order valence-corrected chi connectivity index (χ3v) is 2.78. The van der Waals surface area contributed by atoms with Gasteiger partial charge in [0.05, 0.1) is 0 Å². The smallest absolute Gasteiger partial charge is 0.321 e. The van der Waals surface area contributed by atoms with Crippen molar-refractivity contribution in [3.05, 3.63) is 0 Å². The number of carbonyl (C=O) groups is 1. The third-order valence-electron chi connectivity index (χ3n) is 1.96. The fraction of sp³-hybridized carbons (Fsp3) is 0.875. The molecule has 78 valence electrons. The van der Waals surface area contributed by atoms with Crippen LogP contribution in [0.25, 0.3) is 0 Å². The number of carboxylic acids is 1. The molecule has 0 aliphatic heterocycles.